The Balaban J connectivity index is 1.60. The van der Waals surface area contributed by atoms with E-state index < -0.39 is 0 Å². The number of carbonyl (C=O) groups is 2. The Morgan fingerprint density at radius 3 is 2.72 bits per heavy atom. The lowest BCUT2D eigenvalue weighted by Crippen LogP contribution is -2.45. The standard InChI is InChI=1S/C12H18N4O2/c13-11-9(5-10(17)14-8-3-4-8)16(12(18)15-11)6-7-1-2-7/h7-9H,1-6H2,(H,14,17)(H2,13,15,18). The summed E-state index contributed by atoms with van der Waals surface area (Å²) in [6, 6.07) is -0.287. The molecule has 1 aliphatic heterocycles. The zero-order valence-electron chi connectivity index (χ0n) is 10.3. The van der Waals surface area contributed by atoms with Crippen molar-refractivity contribution in [2.75, 3.05) is 6.54 Å². The lowest BCUT2D eigenvalue weighted by molar-refractivity contribution is -0.121. The maximum Gasteiger partial charge on any atom is 0.345 e. The minimum absolute atomic E-state index is 0.0313. The van der Waals surface area contributed by atoms with E-state index in [1.165, 1.54) is 0 Å². The monoisotopic (exact) mass is 250 g/mol. The summed E-state index contributed by atoms with van der Waals surface area (Å²) < 4.78 is 0. The first kappa shape index (κ1) is 11.5. The van der Waals surface area contributed by atoms with Crippen molar-refractivity contribution in [1.82, 2.24) is 10.2 Å². The van der Waals surface area contributed by atoms with Crippen molar-refractivity contribution in [2.45, 2.75) is 44.2 Å². The molecule has 6 nitrogen and oxygen atoms in total. The highest BCUT2D eigenvalue weighted by Crippen LogP contribution is 2.32. The highest BCUT2D eigenvalue weighted by molar-refractivity contribution is 6.04. The molecule has 2 fully saturated rings. The fourth-order valence-corrected chi connectivity index (χ4v) is 2.23. The van der Waals surface area contributed by atoms with Crippen LogP contribution >= 0.6 is 0 Å². The Morgan fingerprint density at radius 1 is 1.39 bits per heavy atom. The van der Waals surface area contributed by atoms with E-state index in [9.17, 15) is 9.59 Å². The van der Waals surface area contributed by atoms with Crippen LogP contribution in [0.2, 0.25) is 0 Å². The number of carbonyl (C=O) groups excluding carboxylic acids is 2. The maximum absolute atomic E-state index is 11.8. The number of nitrogens with two attached hydrogens (primary N) is 1. The number of rotatable bonds is 5. The summed E-state index contributed by atoms with van der Waals surface area (Å²) in [6.07, 6.45) is 4.68. The highest BCUT2D eigenvalue weighted by atomic mass is 16.2. The molecule has 1 atom stereocenters. The molecule has 3 N–H and O–H groups in total. The van der Waals surface area contributed by atoms with E-state index in [-0.39, 0.29) is 30.2 Å². The van der Waals surface area contributed by atoms with Gasteiger partial charge in [-0.25, -0.2) is 4.79 Å². The van der Waals surface area contributed by atoms with Gasteiger partial charge in [0, 0.05) is 12.6 Å². The Labute approximate surface area is 106 Å². The van der Waals surface area contributed by atoms with Crippen LogP contribution in [0.3, 0.4) is 0 Å². The van der Waals surface area contributed by atoms with Crippen molar-refractivity contribution in [3.8, 4) is 0 Å². The Bertz CT molecular complexity index is 412. The molecule has 1 unspecified atom stereocenters. The second-order valence-electron chi connectivity index (χ2n) is 5.48. The van der Waals surface area contributed by atoms with Gasteiger partial charge in [0.25, 0.3) is 0 Å². The van der Waals surface area contributed by atoms with Crippen LogP contribution in [0.15, 0.2) is 4.99 Å². The normalized spacial score (nSPS) is 27.3. The molecule has 3 amide bonds. The molecule has 6 heteroatoms. The van der Waals surface area contributed by atoms with Gasteiger partial charge >= 0.3 is 6.03 Å². The smallest absolute Gasteiger partial charge is 0.345 e. The number of aliphatic imine (C=N–C) groups is 1. The van der Waals surface area contributed by atoms with Gasteiger partial charge in [0.15, 0.2) is 0 Å². The zero-order valence-corrected chi connectivity index (χ0v) is 10.3. The minimum atomic E-state index is -0.336. The summed E-state index contributed by atoms with van der Waals surface area (Å²) in [5.74, 6) is 0.826. The Hall–Kier alpha value is -1.59. The molecule has 0 radical (unpaired) electrons. The maximum atomic E-state index is 11.8. The molecule has 0 aromatic carbocycles. The molecule has 0 aromatic heterocycles. The average Bonchev–Trinajstić information content (AvgIpc) is 3.17. The SMILES string of the molecule is NC1=NC(=O)N(CC2CC2)C1CC(=O)NC1CC1. The molecule has 0 saturated heterocycles. The van der Waals surface area contributed by atoms with Crippen LogP contribution in [0.25, 0.3) is 0 Å². The summed E-state index contributed by atoms with van der Waals surface area (Å²) >= 11 is 0. The van der Waals surface area contributed by atoms with E-state index in [1.807, 2.05) is 0 Å². The molecule has 2 aliphatic carbocycles. The first-order valence-corrected chi connectivity index (χ1v) is 6.57. The van der Waals surface area contributed by atoms with Gasteiger partial charge in [-0.15, -0.1) is 0 Å². The van der Waals surface area contributed by atoms with Gasteiger partial charge in [0.05, 0.1) is 12.5 Å². The van der Waals surface area contributed by atoms with Gasteiger partial charge < -0.3 is 16.0 Å². The molecule has 3 rings (SSSR count). The van der Waals surface area contributed by atoms with E-state index in [2.05, 4.69) is 10.3 Å². The molecule has 98 valence electrons. The van der Waals surface area contributed by atoms with Crippen molar-refractivity contribution in [3.63, 3.8) is 0 Å². The molecule has 18 heavy (non-hydrogen) atoms. The largest absolute Gasteiger partial charge is 0.385 e. The third-order valence-electron chi connectivity index (χ3n) is 3.66. The van der Waals surface area contributed by atoms with Gasteiger partial charge in [-0.3, -0.25) is 4.79 Å². The second-order valence-corrected chi connectivity index (χ2v) is 5.48. The molecule has 0 bridgehead atoms. The zero-order chi connectivity index (χ0) is 12.7. The highest BCUT2D eigenvalue weighted by Gasteiger charge is 2.38. The van der Waals surface area contributed by atoms with E-state index in [0.29, 0.717) is 18.5 Å². The quantitative estimate of drug-likeness (QED) is 0.732. The first-order chi connectivity index (χ1) is 8.63. The number of nitrogens with zero attached hydrogens (tertiary/aromatic N) is 2. The van der Waals surface area contributed by atoms with Crippen LogP contribution in [0.4, 0.5) is 4.79 Å². The summed E-state index contributed by atoms with van der Waals surface area (Å²) in [4.78, 5) is 28.9. The minimum Gasteiger partial charge on any atom is -0.385 e. The van der Waals surface area contributed by atoms with Gasteiger partial charge in [0.1, 0.15) is 5.84 Å². The lowest BCUT2D eigenvalue weighted by Gasteiger charge is -2.23. The number of nitrogens with one attached hydrogen (secondary N) is 1. The number of hydrogen-bond donors (Lipinski definition) is 2. The summed E-state index contributed by atoms with van der Waals surface area (Å²) in [7, 11) is 0. The van der Waals surface area contributed by atoms with E-state index in [1.54, 1.807) is 4.90 Å². The Kier molecular flexibility index (Phi) is 2.72. The van der Waals surface area contributed by atoms with E-state index >= 15 is 0 Å². The fraction of sp³-hybridized carbons (Fsp3) is 0.750. The summed E-state index contributed by atoms with van der Waals surface area (Å²) in [5, 5.41) is 2.92. The predicted octanol–water partition coefficient (Wildman–Crippen LogP) is 0.226. The average molecular weight is 250 g/mol. The van der Waals surface area contributed by atoms with Crippen LogP contribution in [0.5, 0.6) is 0 Å². The molecule has 1 heterocycles. The van der Waals surface area contributed by atoms with Crippen LogP contribution in [0, 0.1) is 5.92 Å². The second kappa shape index (κ2) is 4.26. The number of urea groups is 1. The van der Waals surface area contributed by atoms with E-state index in [0.717, 1.165) is 25.7 Å². The van der Waals surface area contributed by atoms with Crippen molar-refractivity contribution >= 4 is 17.8 Å². The molecule has 0 spiro atoms. The molecular formula is C12H18N4O2. The topological polar surface area (TPSA) is 87.8 Å². The van der Waals surface area contributed by atoms with Gasteiger partial charge in [-0.1, -0.05) is 0 Å². The van der Waals surface area contributed by atoms with Crippen LogP contribution in [-0.2, 0) is 4.79 Å². The van der Waals surface area contributed by atoms with Gasteiger partial charge in [0.2, 0.25) is 5.91 Å². The predicted molar refractivity (Wildman–Crippen MR) is 66.0 cm³/mol. The van der Waals surface area contributed by atoms with Crippen LogP contribution < -0.4 is 11.1 Å². The van der Waals surface area contributed by atoms with Crippen LogP contribution in [-0.4, -0.2) is 41.3 Å². The summed E-state index contributed by atoms with van der Waals surface area (Å²) in [6.45, 7) is 0.685. The third kappa shape index (κ3) is 2.47. The Morgan fingerprint density at radius 2 is 2.11 bits per heavy atom. The van der Waals surface area contributed by atoms with E-state index in [4.69, 9.17) is 5.73 Å². The van der Waals surface area contributed by atoms with Gasteiger partial charge in [-0.2, -0.15) is 4.99 Å². The number of amides is 3. The number of amidine groups is 1. The van der Waals surface area contributed by atoms with Crippen molar-refractivity contribution < 1.29 is 9.59 Å². The first-order valence-electron chi connectivity index (χ1n) is 6.57. The number of hydrogen-bond acceptors (Lipinski definition) is 3. The van der Waals surface area contributed by atoms with Crippen molar-refractivity contribution in [2.24, 2.45) is 16.6 Å². The van der Waals surface area contributed by atoms with Crippen molar-refractivity contribution in [1.29, 1.82) is 0 Å². The molecule has 2 saturated carbocycles. The third-order valence-corrected chi connectivity index (χ3v) is 3.66. The molecule has 0 aromatic rings. The molecule has 3 aliphatic rings. The summed E-state index contributed by atoms with van der Waals surface area (Å²) in [5.41, 5.74) is 5.76. The van der Waals surface area contributed by atoms with Crippen LogP contribution in [0.1, 0.15) is 32.1 Å². The molecular weight excluding hydrogens is 232 g/mol. The van der Waals surface area contributed by atoms with Crippen molar-refractivity contribution in [3.05, 3.63) is 0 Å². The fourth-order valence-electron chi connectivity index (χ4n) is 2.23. The van der Waals surface area contributed by atoms with Gasteiger partial charge in [-0.05, 0) is 31.6 Å². The lowest BCUT2D eigenvalue weighted by atomic mass is 10.1.